The van der Waals surface area contributed by atoms with Gasteiger partial charge in [-0.2, -0.15) is 4.31 Å². The van der Waals surface area contributed by atoms with Crippen molar-refractivity contribution < 1.29 is 17.9 Å². The number of sulfonamides is 1. The topological polar surface area (TPSA) is 91.8 Å². The van der Waals surface area contributed by atoms with Gasteiger partial charge < -0.3 is 15.0 Å². The second-order valence-corrected chi connectivity index (χ2v) is 9.09. The van der Waals surface area contributed by atoms with E-state index in [4.69, 9.17) is 27.9 Å². The van der Waals surface area contributed by atoms with Gasteiger partial charge in [-0.3, -0.25) is 0 Å². The minimum Gasteiger partial charge on any atom is -0.481 e. The molecule has 8 nitrogen and oxygen atoms in total. The van der Waals surface area contributed by atoms with Crippen LogP contribution in [0, 0.1) is 0 Å². The fourth-order valence-corrected chi connectivity index (χ4v) is 4.66. The maximum atomic E-state index is 12.8. The van der Waals surface area contributed by atoms with E-state index in [1.54, 1.807) is 17.2 Å². The average Bonchev–Trinajstić information content (AvgIpc) is 2.74. The summed E-state index contributed by atoms with van der Waals surface area (Å²) in [6, 6.07) is 7.48. The first-order valence-corrected chi connectivity index (χ1v) is 11.0. The van der Waals surface area contributed by atoms with Crippen LogP contribution in [0.3, 0.4) is 0 Å². The Bertz CT molecular complexity index is 978. The molecule has 0 spiro atoms. The van der Waals surface area contributed by atoms with E-state index in [0.29, 0.717) is 17.4 Å². The highest BCUT2D eigenvalue weighted by Crippen LogP contribution is 2.27. The fraction of sp³-hybridized carbons (Fsp3) is 0.333. The maximum absolute atomic E-state index is 12.8. The van der Waals surface area contributed by atoms with Crippen molar-refractivity contribution >= 4 is 39.3 Å². The quantitative estimate of drug-likeness (QED) is 0.743. The number of methoxy groups -OCH3 is 1. The van der Waals surface area contributed by atoms with Gasteiger partial charge in [0.25, 0.3) is 0 Å². The molecule has 156 valence electrons. The first-order valence-electron chi connectivity index (χ1n) is 8.78. The molecule has 1 aromatic carbocycles. The van der Waals surface area contributed by atoms with Crippen molar-refractivity contribution in [2.75, 3.05) is 33.3 Å². The summed E-state index contributed by atoms with van der Waals surface area (Å²) in [5, 5.41) is 3.28. The zero-order valence-corrected chi connectivity index (χ0v) is 18.0. The second kappa shape index (κ2) is 9.17. The Hall–Kier alpha value is -2.07. The number of piperazine rings is 1. The zero-order valence-electron chi connectivity index (χ0n) is 15.6. The van der Waals surface area contributed by atoms with Crippen LogP contribution >= 0.6 is 23.2 Å². The van der Waals surface area contributed by atoms with Gasteiger partial charge in [-0.1, -0.05) is 29.3 Å². The fourth-order valence-electron chi connectivity index (χ4n) is 2.84. The molecule has 0 bridgehead atoms. The molecule has 3 rings (SSSR count). The monoisotopic (exact) mass is 458 g/mol. The van der Waals surface area contributed by atoms with Gasteiger partial charge in [-0.25, -0.2) is 18.2 Å². The molecule has 2 aromatic rings. The summed E-state index contributed by atoms with van der Waals surface area (Å²) in [5.41, 5.74) is 0.833. The van der Waals surface area contributed by atoms with Gasteiger partial charge in [0.15, 0.2) is 0 Å². The molecule has 29 heavy (non-hydrogen) atoms. The molecule has 2 amide bonds. The largest absolute Gasteiger partial charge is 0.481 e. The SMILES string of the molecule is COc1ccc(CNC(=O)N2CCN(S(=O)(=O)c3ccc(Cl)c(Cl)c3)CC2)cn1. The molecule has 0 saturated carbocycles. The summed E-state index contributed by atoms with van der Waals surface area (Å²) < 4.78 is 31.9. The number of amides is 2. The van der Waals surface area contributed by atoms with Gasteiger partial charge in [0, 0.05) is 45.0 Å². The highest BCUT2D eigenvalue weighted by Gasteiger charge is 2.30. The molecule has 1 N–H and O–H groups in total. The Labute approximate surface area is 179 Å². The van der Waals surface area contributed by atoms with Crippen molar-refractivity contribution in [2.24, 2.45) is 0 Å². The van der Waals surface area contributed by atoms with E-state index in [9.17, 15) is 13.2 Å². The Morgan fingerprint density at radius 1 is 1.14 bits per heavy atom. The van der Waals surface area contributed by atoms with Gasteiger partial charge in [-0.05, 0) is 23.8 Å². The Morgan fingerprint density at radius 2 is 1.86 bits per heavy atom. The molecule has 0 radical (unpaired) electrons. The molecule has 2 heterocycles. The first-order chi connectivity index (χ1) is 13.8. The molecule has 11 heteroatoms. The predicted molar refractivity (Wildman–Crippen MR) is 110 cm³/mol. The molecule has 0 unspecified atom stereocenters. The van der Waals surface area contributed by atoms with E-state index >= 15 is 0 Å². The van der Waals surface area contributed by atoms with Crippen molar-refractivity contribution in [2.45, 2.75) is 11.4 Å². The third kappa shape index (κ3) is 5.11. The number of urea groups is 1. The number of rotatable bonds is 5. The number of halogens is 2. The molecular formula is C18H20Cl2N4O4S. The number of ether oxygens (including phenoxy) is 1. The molecule has 0 atom stereocenters. The minimum atomic E-state index is -3.70. The lowest BCUT2D eigenvalue weighted by Gasteiger charge is -2.34. The minimum absolute atomic E-state index is 0.0804. The highest BCUT2D eigenvalue weighted by molar-refractivity contribution is 7.89. The summed E-state index contributed by atoms with van der Waals surface area (Å²) in [6.07, 6.45) is 1.63. The molecule has 1 aliphatic heterocycles. The van der Waals surface area contributed by atoms with Crippen molar-refractivity contribution in [3.8, 4) is 5.88 Å². The Balaban J connectivity index is 1.54. The smallest absolute Gasteiger partial charge is 0.317 e. The normalized spacial score (nSPS) is 15.2. The summed E-state index contributed by atoms with van der Waals surface area (Å²) in [6.45, 7) is 1.28. The van der Waals surface area contributed by atoms with Crippen molar-refractivity contribution in [3.63, 3.8) is 0 Å². The summed E-state index contributed by atoms with van der Waals surface area (Å²) in [4.78, 5) is 18.1. The zero-order chi connectivity index (χ0) is 21.0. The number of hydrogen-bond acceptors (Lipinski definition) is 5. The third-order valence-electron chi connectivity index (χ3n) is 4.51. The average molecular weight is 459 g/mol. The number of carbonyl (C=O) groups excluding carboxylic acids is 1. The number of pyridine rings is 1. The number of hydrogen-bond donors (Lipinski definition) is 1. The predicted octanol–water partition coefficient (Wildman–Crippen LogP) is 2.61. The van der Waals surface area contributed by atoms with Crippen molar-refractivity contribution in [3.05, 3.63) is 52.1 Å². The van der Waals surface area contributed by atoms with Crippen LogP contribution in [0.2, 0.25) is 10.0 Å². The van der Waals surface area contributed by atoms with Gasteiger partial charge >= 0.3 is 6.03 Å². The lowest BCUT2D eigenvalue weighted by Crippen LogP contribution is -2.52. The van der Waals surface area contributed by atoms with Gasteiger partial charge in [0.05, 0.1) is 22.1 Å². The van der Waals surface area contributed by atoms with E-state index in [1.165, 1.54) is 29.6 Å². The Kier molecular flexibility index (Phi) is 6.84. The molecule has 0 aliphatic carbocycles. The lowest BCUT2D eigenvalue weighted by molar-refractivity contribution is 0.172. The standard InChI is InChI=1S/C18H20Cl2N4O4S/c1-28-17-5-2-13(11-21-17)12-22-18(25)23-6-8-24(9-7-23)29(26,27)14-3-4-15(19)16(20)10-14/h2-5,10-11H,6-9,12H2,1H3,(H,22,25). The number of carbonyl (C=O) groups is 1. The molecule has 1 fully saturated rings. The van der Waals surface area contributed by atoms with E-state index in [0.717, 1.165) is 5.56 Å². The molecule has 1 aliphatic rings. The van der Waals surface area contributed by atoms with Crippen LogP contribution in [0.25, 0.3) is 0 Å². The number of benzene rings is 1. The molecular weight excluding hydrogens is 439 g/mol. The number of aromatic nitrogens is 1. The van der Waals surface area contributed by atoms with Gasteiger partial charge in [-0.15, -0.1) is 0 Å². The lowest BCUT2D eigenvalue weighted by atomic mass is 10.3. The first kappa shape index (κ1) is 21.6. The highest BCUT2D eigenvalue weighted by atomic mass is 35.5. The van der Waals surface area contributed by atoms with Crippen LogP contribution < -0.4 is 10.1 Å². The summed E-state index contributed by atoms with van der Waals surface area (Å²) >= 11 is 11.8. The second-order valence-electron chi connectivity index (χ2n) is 6.33. The van der Waals surface area contributed by atoms with Crippen LogP contribution in [0.4, 0.5) is 4.79 Å². The summed E-state index contributed by atoms with van der Waals surface area (Å²) in [7, 11) is -2.17. The van der Waals surface area contributed by atoms with E-state index < -0.39 is 10.0 Å². The van der Waals surface area contributed by atoms with Crippen LogP contribution in [0.5, 0.6) is 5.88 Å². The molecule has 1 aromatic heterocycles. The maximum Gasteiger partial charge on any atom is 0.317 e. The summed E-state index contributed by atoms with van der Waals surface area (Å²) in [5.74, 6) is 0.499. The Morgan fingerprint density at radius 3 is 2.45 bits per heavy atom. The van der Waals surface area contributed by atoms with E-state index in [2.05, 4.69) is 10.3 Å². The van der Waals surface area contributed by atoms with E-state index in [-0.39, 0.29) is 42.1 Å². The molecule has 1 saturated heterocycles. The van der Waals surface area contributed by atoms with Crippen LogP contribution in [0.15, 0.2) is 41.4 Å². The number of nitrogens with one attached hydrogen (secondary N) is 1. The van der Waals surface area contributed by atoms with Crippen molar-refractivity contribution in [1.29, 1.82) is 0 Å². The van der Waals surface area contributed by atoms with Gasteiger partial charge in [0.2, 0.25) is 15.9 Å². The van der Waals surface area contributed by atoms with Crippen LogP contribution in [-0.4, -0.2) is 61.9 Å². The third-order valence-corrected chi connectivity index (χ3v) is 7.14. The van der Waals surface area contributed by atoms with Crippen molar-refractivity contribution in [1.82, 2.24) is 19.5 Å². The van der Waals surface area contributed by atoms with Crippen LogP contribution in [0.1, 0.15) is 5.56 Å². The van der Waals surface area contributed by atoms with E-state index in [1.807, 2.05) is 6.07 Å². The number of nitrogens with zero attached hydrogens (tertiary/aromatic N) is 3. The van der Waals surface area contributed by atoms with Gasteiger partial charge in [0.1, 0.15) is 0 Å². The van der Waals surface area contributed by atoms with Crippen LogP contribution in [-0.2, 0) is 16.6 Å².